The van der Waals surface area contributed by atoms with Crippen LogP contribution in [0.4, 0.5) is 0 Å². The number of hydrogen-bond acceptors (Lipinski definition) is 1. The van der Waals surface area contributed by atoms with E-state index in [0.717, 1.165) is 23.7 Å². The summed E-state index contributed by atoms with van der Waals surface area (Å²) in [5.41, 5.74) is 3.26. The Hall–Kier alpha value is -0.820. The van der Waals surface area contributed by atoms with Gasteiger partial charge >= 0.3 is 0 Å². The predicted molar refractivity (Wildman–Crippen MR) is 84.1 cm³/mol. The second-order valence-corrected chi connectivity index (χ2v) is 7.25. The van der Waals surface area contributed by atoms with Crippen LogP contribution in [0.5, 0.6) is 0 Å². The Labute approximate surface area is 123 Å². The highest BCUT2D eigenvalue weighted by Crippen LogP contribution is 2.44. The maximum Gasteiger partial charge on any atom is -0.00120 e. The second kappa shape index (κ2) is 5.52. The van der Waals surface area contributed by atoms with E-state index in [4.69, 9.17) is 0 Å². The third-order valence-electron chi connectivity index (χ3n) is 5.92. The number of hydrogen-bond donors (Lipinski definition) is 1. The van der Waals surface area contributed by atoms with Crippen molar-refractivity contribution in [1.29, 1.82) is 0 Å². The molecule has 0 spiro atoms. The molecule has 1 heterocycles. The Morgan fingerprint density at radius 2 is 1.70 bits per heavy atom. The largest absolute Gasteiger partial charge is 0.316 e. The maximum absolute atomic E-state index is 3.66. The summed E-state index contributed by atoms with van der Waals surface area (Å²) in [7, 11) is 0. The fraction of sp³-hybridized carbons (Fsp3) is 0.684. The predicted octanol–water partition coefficient (Wildman–Crippen LogP) is 4.45. The van der Waals surface area contributed by atoms with Crippen LogP contribution in [0.15, 0.2) is 24.3 Å². The first-order valence-corrected chi connectivity index (χ1v) is 8.72. The van der Waals surface area contributed by atoms with Gasteiger partial charge in [0.2, 0.25) is 0 Å². The Kier molecular flexibility index (Phi) is 3.56. The van der Waals surface area contributed by atoms with Gasteiger partial charge in [-0.05, 0) is 67.2 Å². The maximum atomic E-state index is 3.66. The zero-order valence-electron chi connectivity index (χ0n) is 12.5. The van der Waals surface area contributed by atoms with E-state index in [1.54, 1.807) is 11.1 Å². The first-order chi connectivity index (χ1) is 9.92. The lowest BCUT2D eigenvalue weighted by atomic mass is 9.73. The molecule has 4 rings (SSSR count). The third kappa shape index (κ3) is 2.53. The van der Waals surface area contributed by atoms with Crippen molar-refractivity contribution in [3.8, 4) is 0 Å². The Balaban J connectivity index is 1.58. The standard InChI is InChI=1S/C19H27N/c1-2-5-15(4-1)19-13-20-11-10-18(19)17-7-3-6-16(12-17)14-8-9-14/h3,6-7,12,14-15,18-20H,1-2,4-5,8-11,13H2. The Morgan fingerprint density at radius 1 is 0.900 bits per heavy atom. The lowest BCUT2D eigenvalue weighted by Crippen LogP contribution is -2.38. The molecule has 1 N–H and O–H groups in total. The summed E-state index contributed by atoms with van der Waals surface area (Å²) in [6, 6.07) is 9.63. The highest BCUT2D eigenvalue weighted by molar-refractivity contribution is 5.32. The molecule has 1 nitrogen and oxygen atoms in total. The number of nitrogens with one attached hydrogen (secondary N) is 1. The van der Waals surface area contributed by atoms with E-state index in [2.05, 4.69) is 29.6 Å². The number of piperidine rings is 1. The lowest BCUT2D eigenvalue weighted by molar-refractivity contribution is 0.231. The van der Waals surface area contributed by atoms with Crippen molar-refractivity contribution >= 4 is 0 Å². The van der Waals surface area contributed by atoms with E-state index in [9.17, 15) is 0 Å². The molecular weight excluding hydrogens is 242 g/mol. The number of benzene rings is 1. The van der Waals surface area contributed by atoms with E-state index in [1.165, 1.54) is 58.0 Å². The summed E-state index contributed by atoms with van der Waals surface area (Å²) in [5.74, 6) is 3.58. The molecule has 3 fully saturated rings. The van der Waals surface area contributed by atoms with Crippen molar-refractivity contribution in [1.82, 2.24) is 5.32 Å². The molecule has 108 valence electrons. The molecular formula is C19H27N. The molecule has 0 aromatic heterocycles. The van der Waals surface area contributed by atoms with Gasteiger partial charge in [-0.25, -0.2) is 0 Å². The highest BCUT2D eigenvalue weighted by atomic mass is 14.9. The molecule has 2 aliphatic carbocycles. The van der Waals surface area contributed by atoms with Crippen LogP contribution in [0.1, 0.15) is 67.9 Å². The fourth-order valence-corrected chi connectivity index (χ4v) is 4.64. The van der Waals surface area contributed by atoms with Crippen molar-refractivity contribution in [2.24, 2.45) is 11.8 Å². The van der Waals surface area contributed by atoms with Gasteiger partial charge in [-0.2, -0.15) is 0 Å². The summed E-state index contributed by atoms with van der Waals surface area (Å²) in [6.07, 6.45) is 10.1. The molecule has 0 amide bonds. The molecule has 2 unspecified atom stereocenters. The van der Waals surface area contributed by atoms with Crippen LogP contribution >= 0.6 is 0 Å². The van der Waals surface area contributed by atoms with Gasteiger partial charge in [-0.3, -0.25) is 0 Å². The van der Waals surface area contributed by atoms with Gasteiger partial charge in [0.15, 0.2) is 0 Å². The lowest BCUT2D eigenvalue weighted by Gasteiger charge is -2.36. The third-order valence-corrected chi connectivity index (χ3v) is 5.92. The summed E-state index contributed by atoms with van der Waals surface area (Å²) in [6.45, 7) is 2.46. The zero-order chi connectivity index (χ0) is 13.4. The fourth-order valence-electron chi connectivity index (χ4n) is 4.64. The zero-order valence-corrected chi connectivity index (χ0v) is 12.5. The molecule has 1 aromatic carbocycles. The normalized spacial score (nSPS) is 31.6. The van der Waals surface area contributed by atoms with Gasteiger partial charge in [-0.1, -0.05) is 49.9 Å². The quantitative estimate of drug-likeness (QED) is 0.855. The Bertz CT molecular complexity index is 457. The van der Waals surface area contributed by atoms with Crippen LogP contribution in [0.25, 0.3) is 0 Å². The van der Waals surface area contributed by atoms with Gasteiger partial charge in [0, 0.05) is 0 Å². The summed E-state index contributed by atoms with van der Waals surface area (Å²) < 4.78 is 0. The van der Waals surface area contributed by atoms with Crippen molar-refractivity contribution in [2.45, 2.75) is 56.8 Å². The SMILES string of the molecule is c1cc(C2CC2)cc(C2CCNCC2C2CCCC2)c1. The van der Waals surface area contributed by atoms with E-state index in [1.807, 2.05) is 0 Å². The van der Waals surface area contributed by atoms with Gasteiger partial charge in [0.05, 0.1) is 0 Å². The van der Waals surface area contributed by atoms with Gasteiger partial charge in [-0.15, -0.1) is 0 Å². The minimum atomic E-state index is 0.818. The summed E-state index contributed by atoms with van der Waals surface area (Å²) >= 11 is 0. The first kappa shape index (κ1) is 12.9. The number of rotatable bonds is 3. The molecule has 1 heteroatoms. The van der Waals surface area contributed by atoms with Crippen molar-refractivity contribution in [3.63, 3.8) is 0 Å². The summed E-state index contributed by atoms with van der Waals surface area (Å²) in [4.78, 5) is 0. The van der Waals surface area contributed by atoms with Crippen LogP contribution in [0.3, 0.4) is 0 Å². The van der Waals surface area contributed by atoms with E-state index >= 15 is 0 Å². The molecule has 0 radical (unpaired) electrons. The second-order valence-electron chi connectivity index (χ2n) is 7.25. The van der Waals surface area contributed by atoms with Crippen LogP contribution in [-0.2, 0) is 0 Å². The smallest absolute Gasteiger partial charge is 0.00120 e. The summed E-state index contributed by atoms with van der Waals surface area (Å²) in [5, 5.41) is 3.66. The van der Waals surface area contributed by atoms with Gasteiger partial charge in [0.25, 0.3) is 0 Å². The average Bonchev–Trinajstić information content (AvgIpc) is 3.22. The molecule has 0 bridgehead atoms. The van der Waals surface area contributed by atoms with Crippen molar-refractivity contribution in [3.05, 3.63) is 35.4 Å². The molecule has 1 saturated heterocycles. The molecule has 1 aliphatic heterocycles. The molecule has 2 saturated carbocycles. The Morgan fingerprint density at radius 3 is 2.50 bits per heavy atom. The van der Waals surface area contributed by atoms with Crippen LogP contribution < -0.4 is 5.32 Å². The first-order valence-electron chi connectivity index (χ1n) is 8.72. The van der Waals surface area contributed by atoms with E-state index in [-0.39, 0.29) is 0 Å². The monoisotopic (exact) mass is 269 g/mol. The van der Waals surface area contributed by atoms with E-state index in [0.29, 0.717) is 0 Å². The molecule has 2 atom stereocenters. The van der Waals surface area contributed by atoms with Crippen LogP contribution in [-0.4, -0.2) is 13.1 Å². The minimum absolute atomic E-state index is 0.818. The van der Waals surface area contributed by atoms with E-state index < -0.39 is 0 Å². The average molecular weight is 269 g/mol. The van der Waals surface area contributed by atoms with Crippen molar-refractivity contribution in [2.75, 3.05) is 13.1 Å². The van der Waals surface area contributed by atoms with Crippen LogP contribution in [0.2, 0.25) is 0 Å². The molecule has 1 aromatic rings. The van der Waals surface area contributed by atoms with Gasteiger partial charge in [0.1, 0.15) is 0 Å². The highest BCUT2D eigenvalue weighted by Gasteiger charge is 2.34. The molecule has 20 heavy (non-hydrogen) atoms. The van der Waals surface area contributed by atoms with Gasteiger partial charge < -0.3 is 5.32 Å². The minimum Gasteiger partial charge on any atom is -0.316 e. The topological polar surface area (TPSA) is 12.0 Å². The van der Waals surface area contributed by atoms with Crippen LogP contribution in [0, 0.1) is 11.8 Å². The van der Waals surface area contributed by atoms with Crippen molar-refractivity contribution < 1.29 is 0 Å². The molecule has 3 aliphatic rings.